The molecule has 0 aliphatic rings. The lowest BCUT2D eigenvalue weighted by Gasteiger charge is -2.03. The number of benzene rings is 1. The minimum absolute atomic E-state index is 0.184. The second-order valence-corrected chi connectivity index (χ2v) is 6.45. The summed E-state index contributed by atoms with van der Waals surface area (Å²) in [6.45, 7) is 2.76. The number of rotatable bonds is 5. The number of furan rings is 1. The van der Waals surface area contributed by atoms with E-state index in [1.54, 1.807) is 18.4 Å². The first-order chi connectivity index (χ1) is 12.2. The predicted octanol–water partition coefficient (Wildman–Crippen LogP) is 2.75. The van der Waals surface area contributed by atoms with Gasteiger partial charge in [-0.1, -0.05) is 30.4 Å². The molecule has 3 heterocycles. The molecule has 0 radical (unpaired) electrons. The molecule has 7 heteroatoms. The van der Waals surface area contributed by atoms with Gasteiger partial charge in [-0.2, -0.15) is 9.50 Å². The van der Waals surface area contributed by atoms with Gasteiger partial charge in [0.1, 0.15) is 5.75 Å². The van der Waals surface area contributed by atoms with E-state index in [-0.39, 0.29) is 5.56 Å². The lowest BCUT2D eigenvalue weighted by atomic mass is 10.2. The molecule has 0 aliphatic heterocycles. The van der Waals surface area contributed by atoms with Crippen molar-refractivity contribution in [2.45, 2.75) is 13.3 Å². The maximum absolute atomic E-state index is 12.5. The van der Waals surface area contributed by atoms with Crippen LogP contribution in [0.3, 0.4) is 0 Å². The van der Waals surface area contributed by atoms with Crippen LogP contribution in [-0.2, 0) is 0 Å². The largest absolute Gasteiger partial charge is 0.494 e. The number of nitrogens with zero attached hydrogens (tertiary/aromatic N) is 3. The SMILES string of the molecule is CCCOc1ccc(/C=c2\sc3nc(-c4ccco4)nn3c2=O)cc1. The van der Waals surface area contributed by atoms with E-state index >= 15 is 0 Å². The highest BCUT2D eigenvalue weighted by molar-refractivity contribution is 7.15. The van der Waals surface area contributed by atoms with Crippen molar-refractivity contribution in [3.05, 3.63) is 63.1 Å². The van der Waals surface area contributed by atoms with Gasteiger partial charge in [0.15, 0.2) is 5.76 Å². The quantitative estimate of drug-likeness (QED) is 0.552. The summed E-state index contributed by atoms with van der Waals surface area (Å²) in [6.07, 6.45) is 4.35. The molecule has 4 rings (SSSR count). The van der Waals surface area contributed by atoms with Crippen LogP contribution in [0.4, 0.5) is 0 Å². The Labute approximate surface area is 147 Å². The Morgan fingerprint density at radius 2 is 2.12 bits per heavy atom. The lowest BCUT2D eigenvalue weighted by Crippen LogP contribution is -2.23. The predicted molar refractivity (Wildman–Crippen MR) is 95.8 cm³/mol. The summed E-state index contributed by atoms with van der Waals surface area (Å²) in [7, 11) is 0. The highest BCUT2D eigenvalue weighted by atomic mass is 32.1. The van der Waals surface area contributed by atoms with Gasteiger partial charge in [0.2, 0.25) is 10.8 Å². The molecular weight excluding hydrogens is 338 g/mol. The van der Waals surface area contributed by atoms with Gasteiger partial charge in [-0.05, 0) is 42.3 Å². The summed E-state index contributed by atoms with van der Waals surface area (Å²) in [5, 5.41) is 4.23. The first kappa shape index (κ1) is 15.6. The van der Waals surface area contributed by atoms with Gasteiger partial charge in [-0.15, -0.1) is 5.10 Å². The van der Waals surface area contributed by atoms with Crippen LogP contribution in [0.5, 0.6) is 5.75 Å². The molecular formula is C18H15N3O3S. The highest BCUT2D eigenvalue weighted by Gasteiger charge is 2.13. The summed E-state index contributed by atoms with van der Waals surface area (Å²) in [6, 6.07) is 11.2. The lowest BCUT2D eigenvalue weighted by molar-refractivity contribution is 0.317. The highest BCUT2D eigenvalue weighted by Crippen LogP contribution is 2.17. The Kier molecular flexibility index (Phi) is 4.07. The third kappa shape index (κ3) is 3.06. The first-order valence-corrected chi connectivity index (χ1v) is 8.74. The first-order valence-electron chi connectivity index (χ1n) is 7.92. The third-order valence-electron chi connectivity index (χ3n) is 3.57. The number of hydrogen-bond donors (Lipinski definition) is 0. The van der Waals surface area contributed by atoms with Crippen molar-refractivity contribution in [3.63, 3.8) is 0 Å². The molecule has 0 unspecified atom stereocenters. The van der Waals surface area contributed by atoms with Crippen molar-refractivity contribution in [2.75, 3.05) is 6.61 Å². The van der Waals surface area contributed by atoms with Crippen molar-refractivity contribution in [3.8, 4) is 17.3 Å². The molecule has 4 aromatic rings. The number of ether oxygens (including phenoxy) is 1. The Morgan fingerprint density at radius 3 is 2.80 bits per heavy atom. The van der Waals surface area contributed by atoms with Crippen molar-refractivity contribution in [1.82, 2.24) is 14.6 Å². The van der Waals surface area contributed by atoms with Crippen LogP contribution in [0.25, 0.3) is 22.6 Å². The van der Waals surface area contributed by atoms with Gasteiger partial charge >= 0.3 is 0 Å². The fourth-order valence-corrected chi connectivity index (χ4v) is 3.28. The van der Waals surface area contributed by atoms with E-state index in [2.05, 4.69) is 17.0 Å². The van der Waals surface area contributed by atoms with Gasteiger partial charge in [0, 0.05) is 0 Å². The fraction of sp³-hybridized carbons (Fsp3) is 0.167. The van der Waals surface area contributed by atoms with Gasteiger partial charge in [-0.3, -0.25) is 4.79 Å². The zero-order valence-corrected chi connectivity index (χ0v) is 14.3. The standard InChI is InChI=1S/C18H15N3O3S/c1-2-9-23-13-7-5-12(6-8-13)11-15-17(22)21-18(25-15)19-16(20-21)14-4-3-10-24-14/h3-8,10-11H,2,9H2,1H3/b15-11-. The van der Waals surface area contributed by atoms with Gasteiger partial charge < -0.3 is 9.15 Å². The summed E-state index contributed by atoms with van der Waals surface area (Å²) in [5.41, 5.74) is 0.744. The minimum Gasteiger partial charge on any atom is -0.494 e. The molecule has 0 saturated carbocycles. The molecule has 1 aromatic carbocycles. The van der Waals surface area contributed by atoms with Crippen LogP contribution in [0, 0.1) is 0 Å². The van der Waals surface area contributed by atoms with Crippen molar-refractivity contribution >= 4 is 22.4 Å². The average molecular weight is 353 g/mol. The maximum Gasteiger partial charge on any atom is 0.291 e. The van der Waals surface area contributed by atoms with Crippen LogP contribution in [-0.4, -0.2) is 21.2 Å². The van der Waals surface area contributed by atoms with E-state index in [9.17, 15) is 4.79 Å². The van der Waals surface area contributed by atoms with Crippen LogP contribution >= 0.6 is 11.3 Å². The molecule has 25 heavy (non-hydrogen) atoms. The van der Waals surface area contributed by atoms with E-state index < -0.39 is 0 Å². The molecule has 0 saturated heterocycles. The number of fused-ring (bicyclic) bond motifs is 1. The molecule has 6 nitrogen and oxygen atoms in total. The molecule has 0 aliphatic carbocycles. The van der Waals surface area contributed by atoms with Crippen molar-refractivity contribution < 1.29 is 9.15 Å². The zero-order chi connectivity index (χ0) is 17.2. The summed E-state index contributed by atoms with van der Waals surface area (Å²) >= 11 is 1.30. The van der Waals surface area contributed by atoms with E-state index in [1.165, 1.54) is 15.9 Å². The molecule has 0 bridgehead atoms. The molecule has 0 atom stereocenters. The Balaban J connectivity index is 1.67. The number of thiazole rings is 1. The maximum atomic E-state index is 12.5. The second-order valence-electron chi connectivity index (χ2n) is 5.44. The average Bonchev–Trinajstić information content (AvgIpc) is 3.33. The molecule has 0 N–H and O–H groups in total. The van der Waals surface area contributed by atoms with E-state index in [4.69, 9.17) is 9.15 Å². The van der Waals surface area contributed by atoms with Crippen LogP contribution < -0.4 is 14.8 Å². The molecule has 0 fully saturated rings. The third-order valence-corrected chi connectivity index (χ3v) is 4.53. The van der Waals surface area contributed by atoms with E-state index in [0.29, 0.717) is 27.7 Å². The molecule has 0 amide bonds. The summed E-state index contributed by atoms with van der Waals surface area (Å²) in [5.74, 6) is 1.79. The smallest absolute Gasteiger partial charge is 0.291 e. The second kappa shape index (κ2) is 6.52. The van der Waals surface area contributed by atoms with Gasteiger partial charge in [-0.25, -0.2) is 0 Å². The zero-order valence-electron chi connectivity index (χ0n) is 13.5. The van der Waals surface area contributed by atoms with Gasteiger partial charge in [0.25, 0.3) is 5.56 Å². The monoisotopic (exact) mass is 353 g/mol. The van der Waals surface area contributed by atoms with Crippen molar-refractivity contribution in [1.29, 1.82) is 0 Å². The summed E-state index contributed by atoms with van der Waals surface area (Å²) < 4.78 is 12.7. The van der Waals surface area contributed by atoms with E-state index in [1.807, 2.05) is 30.3 Å². The Morgan fingerprint density at radius 1 is 1.28 bits per heavy atom. The molecule has 3 aromatic heterocycles. The topological polar surface area (TPSA) is 69.6 Å². The van der Waals surface area contributed by atoms with Crippen molar-refractivity contribution in [2.24, 2.45) is 0 Å². The summed E-state index contributed by atoms with van der Waals surface area (Å²) in [4.78, 5) is 17.4. The van der Waals surface area contributed by atoms with Crippen LogP contribution in [0.1, 0.15) is 18.9 Å². The number of aromatic nitrogens is 3. The fourth-order valence-electron chi connectivity index (χ4n) is 2.38. The van der Waals surface area contributed by atoms with Gasteiger partial charge in [0.05, 0.1) is 17.4 Å². The van der Waals surface area contributed by atoms with E-state index in [0.717, 1.165) is 17.7 Å². The van der Waals surface area contributed by atoms with Crippen LogP contribution in [0.15, 0.2) is 51.9 Å². The molecule has 0 spiro atoms. The minimum atomic E-state index is -0.184. The van der Waals surface area contributed by atoms with Crippen LogP contribution in [0.2, 0.25) is 0 Å². The Hall–Kier alpha value is -2.93. The number of hydrogen-bond acceptors (Lipinski definition) is 6. The Bertz CT molecular complexity index is 1100. The molecule has 126 valence electrons. The normalized spacial score (nSPS) is 12.1.